The fourth-order valence-electron chi connectivity index (χ4n) is 1.20. The van der Waals surface area contributed by atoms with Gasteiger partial charge in [-0.1, -0.05) is 11.3 Å². The van der Waals surface area contributed by atoms with Crippen molar-refractivity contribution < 1.29 is 14.6 Å². The van der Waals surface area contributed by atoms with Gasteiger partial charge in [-0.3, -0.25) is 0 Å². The molecule has 0 aliphatic rings. The lowest BCUT2D eigenvalue weighted by Gasteiger charge is -2.00. The Morgan fingerprint density at radius 3 is 3.06 bits per heavy atom. The highest BCUT2D eigenvalue weighted by Gasteiger charge is 2.07. The Labute approximate surface area is 95.7 Å². The highest BCUT2D eigenvalue weighted by Crippen LogP contribution is 2.24. The monoisotopic (exact) mass is 238 g/mol. The van der Waals surface area contributed by atoms with Crippen LogP contribution < -0.4 is 4.74 Å². The molecule has 0 unspecified atom stereocenters. The van der Waals surface area contributed by atoms with E-state index in [1.165, 1.54) is 6.07 Å². The molecule has 0 radical (unpaired) electrons. The van der Waals surface area contributed by atoms with Gasteiger partial charge in [-0.15, -0.1) is 0 Å². The molecule has 0 saturated heterocycles. The van der Waals surface area contributed by atoms with Crippen LogP contribution in [0.3, 0.4) is 0 Å². The minimum Gasteiger partial charge on any atom is -0.484 e. The molecule has 16 heavy (non-hydrogen) atoms. The fourth-order valence-corrected chi connectivity index (χ4v) is 1.91. The predicted octanol–water partition coefficient (Wildman–Crippen LogP) is 1.79. The number of hydrogen-bond acceptors (Lipinski definition) is 4. The largest absolute Gasteiger partial charge is 0.484 e. The second-order valence-corrected chi connectivity index (χ2v) is 4.10. The number of aromatic nitrogens is 2. The van der Waals surface area contributed by atoms with Gasteiger partial charge in [0, 0.05) is 18.8 Å². The average molecular weight is 238 g/mol. The Kier molecular flexibility index (Phi) is 3.21. The van der Waals surface area contributed by atoms with E-state index in [0.29, 0.717) is 18.1 Å². The number of carboxylic acid groups (broad SMARTS) is 1. The van der Waals surface area contributed by atoms with Crippen molar-refractivity contribution in [1.29, 1.82) is 0 Å². The van der Waals surface area contributed by atoms with E-state index in [2.05, 4.69) is 9.97 Å². The number of rotatable bonds is 5. The molecule has 2 aromatic rings. The molecule has 84 valence electrons. The van der Waals surface area contributed by atoms with Crippen LogP contribution in [0.5, 0.6) is 5.06 Å². The van der Waals surface area contributed by atoms with Gasteiger partial charge in [0.25, 0.3) is 0 Å². The maximum Gasteiger partial charge on any atom is 0.345 e. The van der Waals surface area contributed by atoms with Crippen molar-refractivity contribution in [1.82, 2.24) is 9.97 Å². The first-order chi connectivity index (χ1) is 7.75. The molecule has 0 atom stereocenters. The Balaban J connectivity index is 1.83. The van der Waals surface area contributed by atoms with E-state index in [1.807, 2.05) is 0 Å². The summed E-state index contributed by atoms with van der Waals surface area (Å²) in [6.45, 7) is 0.479. The van der Waals surface area contributed by atoms with E-state index in [-0.39, 0.29) is 4.88 Å². The smallest absolute Gasteiger partial charge is 0.345 e. The molecule has 0 fully saturated rings. The number of thiophene rings is 1. The van der Waals surface area contributed by atoms with Crippen LogP contribution in [0.25, 0.3) is 0 Å². The van der Waals surface area contributed by atoms with Crippen LogP contribution in [0, 0.1) is 0 Å². The van der Waals surface area contributed by atoms with Crippen LogP contribution in [-0.4, -0.2) is 27.7 Å². The topological polar surface area (TPSA) is 75.2 Å². The lowest BCUT2D eigenvalue weighted by Crippen LogP contribution is -2.01. The van der Waals surface area contributed by atoms with Crippen LogP contribution in [0.4, 0.5) is 0 Å². The molecule has 0 spiro atoms. The lowest BCUT2D eigenvalue weighted by molar-refractivity contribution is 0.0702. The van der Waals surface area contributed by atoms with Crippen molar-refractivity contribution in [2.75, 3.05) is 6.61 Å². The highest BCUT2D eigenvalue weighted by molar-refractivity contribution is 7.15. The number of aromatic carboxylic acids is 1. The molecule has 0 aliphatic carbocycles. The number of aromatic amines is 1. The molecule has 0 saturated carbocycles. The summed E-state index contributed by atoms with van der Waals surface area (Å²) >= 11 is 1.13. The third-order valence-corrected chi connectivity index (χ3v) is 2.92. The normalized spacial score (nSPS) is 10.2. The van der Waals surface area contributed by atoms with Gasteiger partial charge < -0.3 is 14.8 Å². The van der Waals surface area contributed by atoms with Crippen LogP contribution in [0.1, 0.15) is 15.5 Å². The number of nitrogens with one attached hydrogen (secondary N) is 1. The molecule has 6 heteroatoms. The first-order valence-corrected chi connectivity index (χ1v) is 5.51. The number of nitrogens with zero attached hydrogens (tertiary/aromatic N) is 1. The zero-order valence-corrected chi connectivity index (χ0v) is 9.16. The molecule has 2 heterocycles. The molecule has 5 nitrogen and oxygen atoms in total. The molecule has 0 bridgehead atoms. The second kappa shape index (κ2) is 4.80. The van der Waals surface area contributed by atoms with Gasteiger partial charge in [-0.25, -0.2) is 9.78 Å². The average Bonchev–Trinajstić information content (AvgIpc) is 2.87. The first-order valence-electron chi connectivity index (χ1n) is 4.70. The third-order valence-electron chi connectivity index (χ3n) is 1.93. The van der Waals surface area contributed by atoms with E-state index in [4.69, 9.17) is 9.84 Å². The highest BCUT2D eigenvalue weighted by atomic mass is 32.1. The van der Waals surface area contributed by atoms with Crippen LogP contribution >= 0.6 is 11.3 Å². The second-order valence-electron chi connectivity index (χ2n) is 3.06. The summed E-state index contributed by atoms with van der Waals surface area (Å²) in [5, 5.41) is 9.33. The maximum atomic E-state index is 10.6. The minimum absolute atomic E-state index is 0.285. The van der Waals surface area contributed by atoms with Crippen molar-refractivity contribution in [3.8, 4) is 5.06 Å². The number of H-pyrrole nitrogens is 1. The summed E-state index contributed by atoms with van der Waals surface area (Å²) in [5.74, 6) is -0.0686. The molecular weight excluding hydrogens is 228 g/mol. The predicted molar refractivity (Wildman–Crippen MR) is 59.1 cm³/mol. The standard InChI is InChI=1S/C10H10N2O3S/c13-10(14)7-1-2-9(16-7)15-6-3-8-11-4-5-12-8/h1-2,4-5H,3,6H2,(H,11,12)(H,13,14). The van der Waals surface area contributed by atoms with Gasteiger partial charge in [0.15, 0.2) is 5.06 Å². The van der Waals surface area contributed by atoms with E-state index >= 15 is 0 Å². The van der Waals surface area contributed by atoms with E-state index in [1.54, 1.807) is 18.5 Å². The molecule has 0 amide bonds. The first kappa shape index (κ1) is 10.7. The number of carbonyl (C=O) groups is 1. The number of ether oxygens (including phenoxy) is 1. The van der Waals surface area contributed by atoms with Crippen LogP contribution in [-0.2, 0) is 6.42 Å². The molecule has 0 aliphatic heterocycles. The number of hydrogen-bond donors (Lipinski definition) is 2. The Morgan fingerprint density at radius 2 is 2.44 bits per heavy atom. The van der Waals surface area contributed by atoms with Gasteiger partial charge >= 0.3 is 5.97 Å². The Bertz CT molecular complexity index is 464. The van der Waals surface area contributed by atoms with Crippen molar-refractivity contribution in [2.45, 2.75) is 6.42 Å². The van der Waals surface area contributed by atoms with Crippen LogP contribution in [0.2, 0.25) is 0 Å². The van der Waals surface area contributed by atoms with Gasteiger partial charge in [-0.2, -0.15) is 0 Å². The molecule has 2 N–H and O–H groups in total. The van der Waals surface area contributed by atoms with Gasteiger partial charge in [0.1, 0.15) is 10.7 Å². The van der Waals surface area contributed by atoms with Gasteiger partial charge in [0.05, 0.1) is 6.61 Å². The number of carboxylic acids is 1. The summed E-state index contributed by atoms with van der Waals surface area (Å²) in [4.78, 5) is 17.9. The summed E-state index contributed by atoms with van der Waals surface area (Å²) in [7, 11) is 0. The van der Waals surface area contributed by atoms with Gasteiger partial charge in [0.2, 0.25) is 0 Å². The van der Waals surface area contributed by atoms with E-state index in [9.17, 15) is 4.79 Å². The zero-order chi connectivity index (χ0) is 11.4. The summed E-state index contributed by atoms with van der Waals surface area (Å²) in [6, 6.07) is 3.20. The third kappa shape index (κ3) is 2.60. The SMILES string of the molecule is O=C(O)c1ccc(OCCc2ncc[nH]2)s1. The zero-order valence-electron chi connectivity index (χ0n) is 8.34. The lowest BCUT2D eigenvalue weighted by atomic mass is 10.4. The molecule has 2 rings (SSSR count). The van der Waals surface area contributed by atoms with Crippen molar-refractivity contribution in [3.63, 3.8) is 0 Å². The Morgan fingerprint density at radius 1 is 1.56 bits per heavy atom. The van der Waals surface area contributed by atoms with Gasteiger partial charge in [-0.05, 0) is 12.1 Å². The molecule has 2 aromatic heterocycles. The van der Waals surface area contributed by atoms with E-state index < -0.39 is 5.97 Å². The Hall–Kier alpha value is -1.82. The molecule has 0 aromatic carbocycles. The fraction of sp³-hybridized carbons (Fsp3) is 0.200. The summed E-state index contributed by atoms with van der Waals surface area (Å²) in [6.07, 6.45) is 4.11. The van der Waals surface area contributed by atoms with Crippen LogP contribution in [0.15, 0.2) is 24.5 Å². The van der Waals surface area contributed by atoms with Crippen molar-refractivity contribution in [2.24, 2.45) is 0 Å². The molecular formula is C10H10N2O3S. The quantitative estimate of drug-likeness (QED) is 0.832. The maximum absolute atomic E-state index is 10.6. The summed E-state index contributed by atoms with van der Waals surface area (Å²) in [5.41, 5.74) is 0. The number of imidazole rings is 1. The minimum atomic E-state index is -0.925. The van der Waals surface area contributed by atoms with Crippen molar-refractivity contribution >= 4 is 17.3 Å². The summed E-state index contributed by atoms with van der Waals surface area (Å²) < 4.78 is 5.41. The van der Waals surface area contributed by atoms with Crippen molar-refractivity contribution in [3.05, 3.63) is 35.2 Å². The van der Waals surface area contributed by atoms with E-state index in [0.717, 1.165) is 17.2 Å².